The van der Waals surface area contributed by atoms with E-state index < -0.39 is 10.0 Å². The molecule has 4 nitrogen and oxygen atoms in total. The summed E-state index contributed by atoms with van der Waals surface area (Å²) in [5, 5.41) is 0. The molecule has 1 fully saturated rings. The number of halogens is 1. The molecule has 1 aromatic rings. The highest BCUT2D eigenvalue weighted by atomic mass is 79.9. The molecule has 1 aromatic heterocycles. The van der Waals surface area contributed by atoms with Crippen LogP contribution in [0.25, 0.3) is 0 Å². The van der Waals surface area contributed by atoms with Gasteiger partial charge in [0.25, 0.3) is 10.0 Å². The van der Waals surface area contributed by atoms with Crippen molar-refractivity contribution in [2.24, 2.45) is 5.92 Å². The number of thiophene rings is 1. The monoisotopic (exact) mass is 352 g/mol. The third-order valence-electron chi connectivity index (χ3n) is 3.35. The van der Waals surface area contributed by atoms with Crippen LogP contribution in [0.15, 0.2) is 20.1 Å². The molecule has 0 amide bonds. The lowest BCUT2D eigenvalue weighted by molar-refractivity contribution is 0.263. The fraction of sp³-hybridized carbons (Fsp3) is 0.636. The van der Waals surface area contributed by atoms with Crippen molar-refractivity contribution < 1.29 is 8.42 Å². The third-order valence-corrected chi connectivity index (χ3v) is 7.27. The van der Waals surface area contributed by atoms with Crippen LogP contribution in [0.1, 0.15) is 6.92 Å². The van der Waals surface area contributed by atoms with Gasteiger partial charge in [-0.05, 0) is 48.1 Å². The Morgan fingerprint density at radius 2 is 2.06 bits per heavy atom. The predicted molar refractivity (Wildman–Crippen MR) is 77.4 cm³/mol. The Hall–Kier alpha value is 0.0500. The molecule has 1 aliphatic rings. The molecule has 0 N–H and O–H groups in total. The van der Waals surface area contributed by atoms with Gasteiger partial charge in [0.05, 0.1) is 3.79 Å². The quantitative estimate of drug-likeness (QED) is 0.836. The van der Waals surface area contributed by atoms with Gasteiger partial charge in [0, 0.05) is 19.1 Å². The SMILES string of the molecule is CC1CN(S(=O)(=O)c2ccc(Br)s2)CC1N(C)C. The minimum Gasteiger partial charge on any atom is -0.305 e. The van der Waals surface area contributed by atoms with Crippen LogP contribution in [-0.2, 0) is 10.0 Å². The second kappa shape index (κ2) is 5.20. The zero-order valence-electron chi connectivity index (χ0n) is 10.6. The van der Waals surface area contributed by atoms with E-state index >= 15 is 0 Å². The zero-order valence-corrected chi connectivity index (χ0v) is 13.8. The van der Waals surface area contributed by atoms with Crippen LogP contribution in [0.5, 0.6) is 0 Å². The lowest BCUT2D eigenvalue weighted by Gasteiger charge is -2.22. The Labute approximate surface area is 121 Å². The summed E-state index contributed by atoms with van der Waals surface area (Å²) in [7, 11) is 0.676. The maximum absolute atomic E-state index is 12.5. The standard InChI is InChI=1S/C11H17BrN2O2S2/c1-8-6-14(7-9(8)13(2)3)18(15,16)11-5-4-10(12)17-11/h4-5,8-9H,6-7H2,1-3H3. The fourth-order valence-corrected chi connectivity index (χ4v) is 6.06. The number of rotatable bonds is 3. The predicted octanol–water partition coefficient (Wildman–Crippen LogP) is 2.08. The number of nitrogens with zero attached hydrogens (tertiary/aromatic N) is 2. The Morgan fingerprint density at radius 3 is 2.50 bits per heavy atom. The van der Waals surface area contributed by atoms with Crippen LogP contribution in [-0.4, -0.2) is 50.8 Å². The lowest BCUT2D eigenvalue weighted by Crippen LogP contribution is -2.35. The number of hydrogen-bond donors (Lipinski definition) is 0. The molecule has 18 heavy (non-hydrogen) atoms. The van der Waals surface area contributed by atoms with Crippen molar-refractivity contribution in [1.29, 1.82) is 0 Å². The van der Waals surface area contributed by atoms with Gasteiger partial charge in [-0.3, -0.25) is 0 Å². The van der Waals surface area contributed by atoms with E-state index in [0.29, 0.717) is 29.3 Å². The maximum atomic E-state index is 12.5. The number of sulfonamides is 1. The molecule has 0 radical (unpaired) electrons. The van der Waals surface area contributed by atoms with Crippen molar-refractivity contribution in [2.75, 3.05) is 27.2 Å². The Morgan fingerprint density at radius 1 is 1.39 bits per heavy atom. The molecule has 1 saturated heterocycles. The Balaban J connectivity index is 2.23. The molecule has 0 spiro atoms. The minimum absolute atomic E-state index is 0.295. The average molecular weight is 353 g/mol. The van der Waals surface area contributed by atoms with Crippen molar-refractivity contribution in [3.05, 3.63) is 15.9 Å². The fourth-order valence-electron chi connectivity index (χ4n) is 2.34. The number of hydrogen-bond acceptors (Lipinski definition) is 4. The van der Waals surface area contributed by atoms with Gasteiger partial charge in [-0.1, -0.05) is 6.92 Å². The van der Waals surface area contributed by atoms with Gasteiger partial charge in [-0.15, -0.1) is 11.3 Å². The van der Waals surface area contributed by atoms with Crippen molar-refractivity contribution in [2.45, 2.75) is 17.2 Å². The van der Waals surface area contributed by atoms with Gasteiger partial charge >= 0.3 is 0 Å². The molecular weight excluding hydrogens is 336 g/mol. The highest BCUT2D eigenvalue weighted by Gasteiger charge is 2.38. The Bertz CT molecular complexity index is 527. The second-order valence-corrected chi connectivity index (χ2v) is 9.52. The first kappa shape index (κ1) is 14.5. The summed E-state index contributed by atoms with van der Waals surface area (Å²) in [6.07, 6.45) is 0. The molecule has 2 rings (SSSR count). The first-order valence-electron chi connectivity index (χ1n) is 5.74. The maximum Gasteiger partial charge on any atom is 0.252 e. The van der Waals surface area contributed by atoms with Crippen molar-refractivity contribution >= 4 is 37.3 Å². The van der Waals surface area contributed by atoms with Gasteiger partial charge in [0.1, 0.15) is 4.21 Å². The molecule has 2 heterocycles. The summed E-state index contributed by atoms with van der Waals surface area (Å²) in [5.41, 5.74) is 0. The minimum atomic E-state index is -3.32. The molecule has 2 unspecified atom stereocenters. The summed E-state index contributed by atoms with van der Waals surface area (Å²) in [6.45, 7) is 3.28. The van der Waals surface area contributed by atoms with Gasteiger partial charge in [-0.2, -0.15) is 4.31 Å². The summed E-state index contributed by atoms with van der Waals surface area (Å²) < 4.78 is 27.8. The van der Waals surface area contributed by atoms with Crippen molar-refractivity contribution in [3.8, 4) is 0 Å². The first-order chi connectivity index (χ1) is 8.32. The van der Waals surface area contributed by atoms with E-state index in [4.69, 9.17) is 0 Å². The normalized spacial score (nSPS) is 26.1. The number of likely N-dealkylation sites (N-methyl/N-ethyl adjacent to an activating group) is 1. The molecule has 7 heteroatoms. The topological polar surface area (TPSA) is 40.6 Å². The molecule has 0 aromatic carbocycles. The van der Waals surface area contributed by atoms with E-state index in [0.717, 1.165) is 3.79 Å². The largest absolute Gasteiger partial charge is 0.305 e. The van der Waals surface area contributed by atoms with Gasteiger partial charge in [0.2, 0.25) is 0 Å². The van der Waals surface area contributed by atoms with E-state index in [-0.39, 0.29) is 0 Å². The molecule has 1 aliphatic heterocycles. The van der Waals surface area contributed by atoms with E-state index in [2.05, 4.69) is 27.8 Å². The molecular formula is C11H17BrN2O2S2. The van der Waals surface area contributed by atoms with E-state index in [1.54, 1.807) is 16.4 Å². The van der Waals surface area contributed by atoms with Crippen molar-refractivity contribution in [3.63, 3.8) is 0 Å². The second-order valence-electron chi connectivity index (χ2n) is 4.89. The van der Waals surface area contributed by atoms with Crippen LogP contribution in [0.3, 0.4) is 0 Å². The zero-order chi connectivity index (χ0) is 13.5. The van der Waals surface area contributed by atoms with E-state index in [1.165, 1.54) is 11.3 Å². The van der Waals surface area contributed by atoms with Gasteiger partial charge in [0.15, 0.2) is 0 Å². The highest BCUT2D eigenvalue weighted by Crippen LogP contribution is 2.32. The first-order valence-corrected chi connectivity index (χ1v) is 8.79. The lowest BCUT2D eigenvalue weighted by atomic mass is 10.1. The van der Waals surface area contributed by atoms with Crippen LogP contribution < -0.4 is 0 Å². The molecule has 102 valence electrons. The molecule has 0 saturated carbocycles. The smallest absolute Gasteiger partial charge is 0.252 e. The van der Waals surface area contributed by atoms with Crippen LogP contribution in [0, 0.1) is 5.92 Å². The van der Waals surface area contributed by atoms with E-state index in [9.17, 15) is 8.42 Å². The summed E-state index contributed by atoms with van der Waals surface area (Å²) in [5.74, 6) is 0.359. The summed E-state index contributed by atoms with van der Waals surface area (Å²) >= 11 is 4.57. The molecule has 0 bridgehead atoms. The average Bonchev–Trinajstić information content (AvgIpc) is 2.84. The van der Waals surface area contributed by atoms with Crippen molar-refractivity contribution in [1.82, 2.24) is 9.21 Å². The third kappa shape index (κ3) is 2.65. The van der Waals surface area contributed by atoms with Crippen LogP contribution >= 0.6 is 27.3 Å². The van der Waals surface area contributed by atoms with Gasteiger partial charge in [-0.25, -0.2) is 8.42 Å². The van der Waals surface area contributed by atoms with E-state index in [1.807, 2.05) is 14.1 Å². The summed E-state index contributed by atoms with van der Waals surface area (Å²) in [6, 6.07) is 3.74. The highest BCUT2D eigenvalue weighted by molar-refractivity contribution is 9.11. The Kier molecular flexibility index (Phi) is 4.18. The van der Waals surface area contributed by atoms with Crippen LogP contribution in [0.4, 0.5) is 0 Å². The summed E-state index contributed by atoms with van der Waals surface area (Å²) in [4.78, 5) is 2.10. The molecule has 0 aliphatic carbocycles. The van der Waals surface area contributed by atoms with Gasteiger partial charge < -0.3 is 4.90 Å². The molecule has 2 atom stereocenters. The van der Waals surface area contributed by atoms with Crippen LogP contribution in [0.2, 0.25) is 0 Å².